The Morgan fingerprint density at radius 1 is 1.26 bits per heavy atom. The number of aliphatic imine (C=N–C) groups is 1. The molecular formula is C24H33N3O4. The number of dihydropyridines is 1. The molecule has 0 aromatic carbocycles. The highest BCUT2D eigenvalue weighted by molar-refractivity contribution is 5.97. The molecule has 0 aromatic heterocycles. The number of rotatable bonds is 6. The van der Waals surface area contributed by atoms with Gasteiger partial charge in [0, 0.05) is 31.3 Å². The van der Waals surface area contributed by atoms with Crippen molar-refractivity contribution in [3.8, 4) is 0 Å². The number of ether oxygens (including phenoxy) is 1. The molecular weight excluding hydrogens is 394 g/mol. The molecule has 0 radical (unpaired) electrons. The van der Waals surface area contributed by atoms with Crippen LogP contribution >= 0.6 is 0 Å². The molecule has 1 saturated heterocycles. The Balaban J connectivity index is 1.42. The highest BCUT2D eigenvalue weighted by atomic mass is 16.5. The molecule has 2 aliphatic heterocycles. The van der Waals surface area contributed by atoms with E-state index in [0.717, 1.165) is 6.54 Å². The normalized spacial score (nSPS) is 31.0. The number of amides is 1. The van der Waals surface area contributed by atoms with E-state index in [2.05, 4.69) is 15.2 Å². The molecule has 0 aromatic rings. The molecule has 2 N–H and O–H groups in total. The Kier molecular flexibility index (Phi) is 6.90. The van der Waals surface area contributed by atoms with Crippen molar-refractivity contribution in [1.29, 1.82) is 0 Å². The number of likely N-dealkylation sites (tertiary alicyclic amines) is 1. The predicted octanol–water partition coefficient (Wildman–Crippen LogP) is 2.70. The monoisotopic (exact) mass is 427 g/mol. The van der Waals surface area contributed by atoms with E-state index < -0.39 is 6.04 Å². The first-order valence-corrected chi connectivity index (χ1v) is 11.6. The molecule has 7 heteroatoms. The number of esters is 1. The summed E-state index contributed by atoms with van der Waals surface area (Å²) >= 11 is 0. The van der Waals surface area contributed by atoms with Crippen LogP contribution in [-0.4, -0.2) is 65.9 Å². The van der Waals surface area contributed by atoms with Gasteiger partial charge in [-0.15, -0.1) is 0 Å². The SMILES string of the molecule is CCOC(=O)[C@@H]1C[C@H](NC(=O)C2=C(O)C3N=CC=CC3C=C2)CN1CC1CCCCC1. The number of carbonyl (C=O) groups is 2. The third kappa shape index (κ3) is 4.92. The quantitative estimate of drug-likeness (QED) is 0.636. The van der Waals surface area contributed by atoms with Gasteiger partial charge in [-0.3, -0.25) is 19.5 Å². The average molecular weight is 428 g/mol. The fourth-order valence-corrected chi connectivity index (χ4v) is 5.25. The molecule has 2 aliphatic carbocycles. The van der Waals surface area contributed by atoms with Gasteiger partial charge in [-0.1, -0.05) is 31.4 Å². The van der Waals surface area contributed by atoms with Crippen molar-refractivity contribution in [2.45, 2.75) is 63.6 Å². The van der Waals surface area contributed by atoms with Crippen LogP contribution in [0.25, 0.3) is 0 Å². The van der Waals surface area contributed by atoms with Gasteiger partial charge in [-0.25, -0.2) is 0 Å². The van der Waals surface area contributed by atoms with Crippen LogP contribution in [0.2, 0.25) is 0 Å². The number of hydrogen-bond acceptors (Lipinski definition) is 6. The van der Waals surface area contributed by atoms with Crippen molar-refractivity contribution in [1.82, 2.24) is 10.2 Å². The minimum Gasteiger partial charge on any atom is -0.509 e. The summed E-state index contributed by atoms with van der Waals surface area (Å²) in [5, 5.41) is 13.7. The van der Waals surface area contributed by atoms with Gasteiger partial charge in [0.25, 0.3) is 5.91 Å². The van der Waals surface area contributed by atoms with E-state index in [1.54, 1.807) is 12.3 Å². The van der Waals surface area contributed by atoms with Crippen LogP contribution in [0.4, 0.5) is 0 Å². The van der Waals surface area contributed by atoms with Crippen LogP contribution in [0.3, 0.4) is 0 Å². The van der Waals surface area contributed by atoms with Crippen LogP contribution in [0, 0.1) is 11.8 Å². The van der Waals surface area contributed by atoms with Crippen molar-refractivity contribution >= 4 is 18.1 Å². The van der Waals surface area contributed by atoms with Crippen LogP contribution in [-0.2, 0) is 14.3 Å². The lowest BCUT2D eigenvalue weighted by molar-refractivity contribution is -0.148. The van der Waals surface area contributed by atoms with Gasteiger partial charge in [0.1, 0.15) is 17.8 Å². The molecule has 0 spiro atoms. The van der Waals surface area contributed by atoms with E-state index in [1.165, 1.54) is 32.1 Å². The van der Waals surface area contributed by atoms with Crippen LogP contribution in [0.1, 0.15) is 45.4 Å². The van der Waals surface area contributed by atoms with Crippen molar-refractivity contribution in [3.05, 3.63) is 35.6 Å². The number of nitrogens with one attached hydrogen (secondary N) is 1. The third-order valence-electron chi connectivity index (χ3n) is 6.83. The minimum absolute atomic E-state index is 0.00426. The first-order valence-electron chi connectivity index (χ1n) is 11.6. The summed E-state index contributed by atoms with van der Waals surface area (Å²) in [5.74, 6) is 0.0593. The number of allylic oxidation sites excluding steroid dienone is 1. The number of aliphatic hydroxyl groups excluding tert-OH is 1. The number of aliphatic hydroxyl groups is 1. The van der Waals surface area contributed by atoms with Gasteiger partial charge in [0.05, 0.1) is 12.2 Å². The fraction of sp³-hybridized carbons (Fsp3) is 0.625. The predicted molar refractivity (Wildman–Crippen MR) is 119 cm³/mol. The van der Waals surface area contributed by atoms with Crippen LogP contribution in [0.15, 0.2) is 40.6 Å². The summed E-state index contributed by atoms with van der Waals surface area (Å²) in [6.07, 6.45) is 15.8. The lowest BCUT2D eigenvalue weighted by Crippen LogP contribution is -2.41. The van der Waals surface area contributed by atoms with E-state index >= 15 is 0 Å². The summed E-state index contributed by atoms with van der Waals surface area (Å²) in [4.78, 5) is 32.0. The smallest absolute Gasteiger partial charge is 0.323 e. The molecule has 4 rings (SSSR count). The Bertz CT molecular complexity index is 810. The molecule has 0 bridgehead atoms. The molecule has 2 heterocycles. The summed E-state index contributed by atoms with van der Waals surface area (Å²) in [7, 11) is 0. The summed E-state index contributed by atoms with van der Waals surface area (Å²) < 4.78 is 5.31. The van der Waals surface area contributed by atoms with Gasteiger partial charge in [0.15, 0.2) is 0 Å². The maximum atomic E-state index is 13.0. The zero-order valence-electron chi connectivity index (χ0n) is 18.2. The molecule has 168 valence electrons. The Morgan fingerprint density at radius 3 is 2.84 bits per heavy atom. The van der Waals surface area contributed by atoms with Gasteiger partial charge < -0.3 is 15.2 Å². The number of nitrogens with zero attached hydrogens (tertiary/aromatic N) is 2. The van der Waals surface area contributed by atoms with Crippen molar-refractivity contribution in [3.63, 3.8) is 0 Å². The number of fused-ring (bicyclic) bond motifs is 1. The fourth-order valence-electron chi connectivity index (χ4n) is 5.25. The Morgan fingerprint density at radius 2 is 2.06 bits per heavy atom. The van der Waals surface area contributed by atoms with Crippen LogP contribution < -0.4 is 5.32 Å². The van der Waals surface area contributed by atoms with Crippen molar-refractivity contribution in [2.24, 2.45) is 16.8 Å². The standard InChI is InChI=1S/C24H33N3O4/c1-2-31-24(30)20-13-18(15-27(20)14-16-7-4-3-5-8-16)26-23(29)19-11-10-17-9-6-12-25-21(17)22(19)28/h6,9-12,16-18,20-21,28H,2-5,7-8,13-15H2,1H3,(H,26,29)/t17?,18-,20-,21?/m0/s1. The van der Waals surface area contributed by atoms with E-state index in [9.17, 15) is 14.7 Å². The highest BCUT2D eigenvalue weighted by Crippen LogP contribution is 2.30. The van der Waals surface area contributed by atoms with E-state index in [-0.39, 0.29) is 41.2 Å². The highest BCUT2D eigenvalue weighted by Gasteiger charge is 2.40. The lowest BCUT2D eigenvalue weighted by Gasteiger charge is -2.29. The summed E-state index contributed by atoms with van der Waals surface area (Å²) in [6, 6.07) is -0.921. The molecule has 4 atom stereocenters. The average Bonchev–Trinajstić information content (AvgIpc) is 3.17. The largest absolute Gasteiger partial charge is 0.509 e. The van der Waals surface area contributed by atoms with Gasteiger partial charge in [-0.2, -0.15) is 0 Å². The maximum Gasteiger partial charge on any atom is 0.323 e. The minimum atomic E-state index is -0.436. The lowest BCUT2D eigenvalue weighted by atomic mass is 9.88. The van der Waals surface area contributed by atoms with Gasteiger partial charge >= 0.3 is 5.97 Å². The van der Waals surface area contributed by atoms with Gasteiger partial charge in [0.2, 0.25) is 0 Å². The topological polar surface area (TPSA) is 91.2 Å². The second-order valence-corrected chi connectivity index (χ2v) is 9.00. The number of hydrogen-bond donors (Lipinski definition) is 2. The van der Waals surface area contributed by atoms with Crippen molar-refractivity contribution in [2.75, 3.05) is 19.7 Å². The first kappa shape index (κ1) is 21.8. The molecule has 31 heavy (non-hydrogen) atoms. The third-order valence-corrected chi connectivity index (χ3v) is 6.83. The van der Waals surface area contributed by atoms with Crippen LogP contribution in [0.5, 0.6) is 0 Å². The molecule has 2 unspecified atom stereocenters. The maximum absolute atomic E-state index is 13.0. The molecule has 1 saturated carbocycles. The first-order chi connectivity index (χ1) is 15.1. The summed E-state index contributed by atoms with van der Waals surface area (Å²) in [5.41, 5.74) is 0.257. The zero-order valence-corrected chi connectivity index (χ0v) is 18.2. The zero-order chi connectivity index (χ0) is 21.8. The van der Waals surface area contributed by atoms with E-state index in [1.807, 2.05) is 25.2 Å². The molecule has 4 aliphatic rings. The molecule has 1 amide bonds. The molecule has 2 fully saturated rings. The second kappa shape index (κ2) is 9.81. The Hall–Kier alpha value is -2.41. The Labute approximate surface area is 183 Å². The second-order valence-electron chi connectivity index (χ2n) is 9.00. The molecule has 7 nitrogen and oxygen atoms in total. The van der Waals surface area contributed by atoms with Crippen molar-refractivity contribution < 1.29 is 19.4 Å². The van der Waals surface area contributed by atoms with E-state index in [0.29, 0.717) is 25.5 Å². The van der Waals surface area contributed by atoms with E-state index in [4.69, 9.17) is 4.74 Å². The summed E-state index contributed by atoms with van der Waals surface area (Å²) in [6.45, 7) is 3.66. The van der Waals surface area contributed by atoms with Gasteiger partial charge in [-0.05, 0) is 44.3 Å². The number of carbonyl (C=O) groups excluding carboxylic acids is 2.